The highest BCUT2D eigenvalue weighted by atomic mass is 16.6. The zero-order valence-corrected chi connectivity index (χ0v) is 23.2. The van der Waals surface area contributed by atoms with Gasteiger partial charge in [-0.15, -0.1) is 0 Å². The minimum atomic E-state index is -0.454. The number of carbonyl (C=O) groups is 1. The van der Waals surface area contributed by atoms with E-state index in [9.17, 15) is 14.9 Å². The first-order chi connectivity index (χ1) is 19.1. The summed E-state index contributed by atoms with van der Waals surface area (Å²) in [5, 5.41) is 10.6. The zero-order valence-electron chi connectivity index (χ0n) is 23.2. The number of non-ortho nitro benzene ring substituents is 1. The molecule has 0 aliphatic carbocycles. The summed E-state index contributed by atoms with van der Waals surface area (Å²) in [6.07, 6.45) is 4.73. The number of esters is 1. The lowest BCUT2D eigenvalue weighted by atomic mass is 10.2. The third-order valence-corrected chi connectivity index (χ3v) is 5.13. The number of ether oxygens (including phenoxy) is 8. The summed E-state index contributed by atoms with van der Waals surface area (Å²) in [4.78, 5) is 21.7. The smallest absolute Gasteiger partial charge is 0.305 e. The standard InChI is InChI=1S/C27H45NO11/c1-2-3-4-5-6-27(29)39-24-22-37-20-18-35-16-14-33-12-11-32-13-15-34-17-19-36-21-23-38-26-9-7-25(8-10-26)28(30)31/h7-10H,2-6,11-24H2,1H3. The summed E-state index contributed by atoms with van der Waals surface area (Å²) in [6, 6.07) is 5.90. The van der Waals surface area contributed by atoms with E-state index in [-0.39, 0.29) is 18.3 Å². The molecule has 0 unspecified atom stereocenters. The minimum absolute atomic E-state index is 0.0252. The zero-order chi connectivity index (χ0) is 28.2. The van der Waals surface area contributed by atoms with Crippen molar-refractivity contribution >= 4 is 11.7 Å². The van der Waals surface area contributed by atoms with Crippen molar-refractivity contribution in [2.45, 2.75) is 39.0 Å². The number of benzene rings is 1. The molecular weight excluding hydrogens is 514 g/mol. The highest BCUT2D eigenvalue weighted by Crippen LogP contribution is 2.17. The first kappa shape index (κ1) is 34.7. The van der Waals surface area contributed by atoms with Gasteiger partial charge in [-0.2, -0.15) is 0 Å². The monoisotopic (exact) mass is 559 g/mol. The number of nitro benzene ring substituents is 1. The first-order valence-corrected chi connectivity index (χ1v) is 13.6. The molecule has 0 bridgehead atoms. The second kappa shape index (κ2) is 25.9. The number of nitrogens with zero attached hydrogens (tertiary/aromatic N) is 1. The normalized spacial score (nSPS) is 11.0. The molecule has 0 aromatic heterocycles. The van der Waals surface area contributed by atoms with E-state index < -0.39 is 4.92 Å². The number of carbonyl (C=O) groups excluding carboxylic acids is 1. The van der Waals surface area contributed by atoms with Gasteiger partial charge in [-0.3, -0.25) is 14.9 Å². The van der Waals surface area contributed by atoms with Gasteiger partial charge in [0.15, 0.2) is 0 Å². The van der Waals surface area contributed by atoms with Crippen LogP contribution in [-0.4, -0.2) is 103 Å². The van der Waals surface area contributed by atoms with Crippen molar-refractivity contribution in [3.05, 3.63) is 34.4 Å². The molecule has 1 aromatic carbocycles. The summed E-state index contributed by atoms with van der Waals surface area (Å²) in [5.41, 5.74) is 0.0252. The van der Waals surface area contributed by atoms with Gasteiger partial charge in [0.25, 0.3) is 5.69 Å². The van der Waals surface area contributed by atoms with Crippen molar-refractivity contribution in [2.24, 2.45) is 0 Å². The highest BCUT2D eigenvalue weighted by Gasteiger charge is 2.04. The highest BCUT2D eigenvalue weighted by molar-refractivity contribution is 5.69. The SMILES string of the molecule is CCCCCCC(=O)OCCOCCOCCOCCOCCOCCOCCOc1ccc([N+](=O)[O-])cc1. The van der Waals surface area contributed by atoms with E-state index in [0.29, 0.717) is 98.1 Å². The quantitative estimate of drug-likeness (QED) is 0.0645. The Morgan fingerprint density at radius 3 is 1.51 bits per heavy atom. The van der Waals surface area contributed by atoms with Crippen LogP contribution in [0, 0.1) is 10.1 Å². The van der Waals surface area contributed by atoms with Crippen LogP contribution in [0.25, 0.3) is 0 Å². The molecule has 0 radical (unpaired) electrons. The molecule has 0 N–H and O–H groups in total. The maximum atomic E-state index is 11.5. The molecule has 12 nitrogen and oxygen atoms in total. The molecular formula is C27H45NO11. The predicted octanol–water partition coefficient (Wildman–Crippen LogP) is 3.59. The fraction of sp³-hybridized carbons (Fsp3) is 0.741. The average Bonchev–Trinajstić information content (AvgIpc) is 2.94. The molecule has 0 amide bonds. The largest absolute Gasteiger partial charge is 0.491 e. The maximum absolute atomic E-state index is 11.5. The van der Waals surface area contributed by atoms with Gasteiger partial charge in [0.2, 0.25) is 0 Å². The van der Waals surface area contributed by atoms with Gasteiger partial charge in [0, 0.05) is 18.6 Å². The van der Waals surface area contributed by atoms with Crippen LogP contribution < -0.4 is 4.74 Å². The Morgan fingerprint density at radius 1 is 0.641 bits per heavy atom. The van der Waals surface area contributed by atoms with E-state index in [0.717, 1.165) is 25.7 Å². The Labute approximate surface area is 231 Å². The molecule has 0 spiro atoms. The predicted molar refractivity (Wildman–Crippen MR) is 143 cm³/mol. The van der Waals surface area contributed by atoms with E-state index >= 15 is 0 Å². The fourth-order valence-electron chi connectivity index (χ4n) is 3.07. The van der Waals surface area contributed by atoms with E-state index in [4.69, 9.17) is 37.9 Å². The van der Waals surface area contributed by atoms with Gasteiger partial charge < -0.3 is 37.9 Å². The van der Waals surface area contributed by atoms with Gasteiger partial charge >= 0.3 is 5.97 Å². The molecule has 0 aliphatic rings. The van der Waals surface area contributed by atoms with Crippen molar-refractivity contribution in [3.8, 4) is 5.75 Å². The molecule has 0 aliphatic heterocycles. The molecule has 0 fully saturated rings. The van der Waals surface area contributed by atoms with Crippen LogP contribution in [-0.2, 0) is 38.0 Å². The second-order valence-corrected chi connectivity index (χ2v) is 8.30. The number of nitro groups is 1. The Bertz CT molecular complexity index is 718. The van der Waals surface area contributed by atoms with Crippen molar-refractivity contribution in [1.29, 1.82) is 0 Å². The summed E-state index contributed by atoms with van der Waals surface area (Å²) in [5.74, 6) is 0.395. The topological polar surface area (TPSA) is 134 Å². The lowest BCUT2D eigenvalue weighted by Crippen LogP contribution is -2.15. The summed E-state index contributed by atoms with van der Waals surface area (Å²) in [7, 11) is 0. The fourth-order valence-corrected chi connectivity index (χ4v) is 3.07. The Hall–Kier alpha value is -2.35. The van der Waals surface area contributed by atoms with E-state index in [1.807, 2.05) is 0 Å². The van der Waals surface area contributed by atoms with Gasteiger partial charge in [0.05, 0.1) is 84.2 Å². The molecule has 0 heterocycles. The molecule has 1 rings (SSSR count). The third kappa shape index (κ3) is 22.2. The maximum Gasteiger partial charge on any atom is 0.305 e. The molecule has 0 saturated heterocycles. The van der Waals surface area contributed by atoms with E-state index in [2.05, 4.69) is 6.92 Å². The Balaban J connectivity index is 1.71. The van der Waals surface area contributed by atoms with Crippen molar-refractivity contribution < 1.29 is 47.6 Å². The second-order valence-electron chi connectivity index (χ2n) is 8.30. The van der Waals surface area contributed by atoms with E-state index in [1.54, 1.807) is 12.1 Å². The van der Waals surface area contributed by atoms with Gasteiger partial charge in [-0.25, -0.2) is 0 Å². The van der Waals surface area contributed by atoms with Crippen molar-refractivity contribution in [3.63, 3.8) is 0 Å². The van der Waals surface area contributed by atoms with Crippen LogP contribution in [0.4, 0.5) is 5.69 Å². The Morgan fingerprint density at radius 2 is 1.08 bits per heavy atom. The van der Waals surface area contributed by atoms with E-state index in [1.165, 1.54) is 12.1 Å². The van der Waals surface area contributed by atoms with Gasteiger partial charge in [-0.1, -0.05) is 26.2 Å². The third-order valence-electron chi connectivity index (χ3n) is 5.13. The molecule has 1 aromatic rings. The first-order valence-electron chi connectivity index (χ1n) is 13.6. The van der Waals surface area contributed by atoms with Crippen molar-refractivity contribution in [1.82, 2.24) is 0 Å². The molecule has 12 heteroatoms. The number of unbranched alkanes of at least 4 members (excludes halogenated alkanes) is 3. The van der Waals surface area contributed by atoms with Crippen LogP contribution in [0.3, 0.4) is 0 Å². The summed E-state index contributed by atoms with van der Waals surface area (Å²) < 4.78 is 43.1. The summed E-state index contributed by atoms with van der Waals surface area (Å²) >= 11 is 0. The van der Waals surface area contributed by atoms with Crippen molar-refractivity contribution in [2.75, 3.05) is 92.5 Å². The average molecular weight is 560 g/mol. The van der Waals surface area contributed by atoms with Crippen LogP contribution in [0.5, 0.6) is 5.75 Å². The van der Waals surface area contributed by atoms with Gasteiger partial charge in [-0.05, 0) is 18.6 Å². The molecule has 0 atom stereocenters. The molecule has 0 saturated carbocycles. The van der Waals surface area contributed by atoms with Crippen LogP contribution in [0.2, 0.25) is 0 Å². The lowest BCUT2D eigenvalue weighted by Gasteiger charge is -2.09. The van der Waals surface area contributed by atoms with Crippen LogP contribution in [0.1, 0.15) is 39.0 Å². The number of hydrogen-bond donors (Lipinski definition) is 0. The summed E-state index contributed by atoms with van der Waals surface area (Å²) in [6.45, 7) is 8.12. The number of rotatable bonds is 28. The number of hydrogen-bond acceptors (Lipinski definition) is 11. The van der Waals surface area contributed by atoms with Crippen LogP contribution in [0.15, 0.2) is 24.3 Å². The molecule has 39 heavy (non-hydrogen) atoms. The van der Waals surface area contributed by atoms with Gasteiger partial charge in [0.1, 0.15) is 19.0 Å². The lowest BCUT2D eigenvalue weighted by molar-refractivity contribution is -0.384. The Kier molecular flexibility index (Phi) is 23.0. The van der Waals surface area contributed by atoms with Crippen LogP contribution >= 0.6 is 0 Å². The minimum Gasteiger partial charge on any atom is -0.491 e. The molecule has 224 valence electrons.